The summed E-state index contributed by atoms with van der Waals surface area (Å²) >= 11 is 0. The van der Waals surface area contributed by atoms with Gasteiger partial charge in [-0.2, -0.15) is 5.26 Å². The van der Waals surface area contributed by atoms with Crippen molar-refractivity contribution in [2.24, 2.45) is 4.99 Å². The molecule has 0 radical (unpaired) electrons. The number of rotatable bonds is 5. The Morgan fingerprint density at radius 3 is 2.77 bits per heavy atom. The Morgan fingerprint density at radius 1 is 1.23 bits per heavy atom. The molecule has 0 spiro atoms. The number of nitrogens with zero attached hydrogens (tertiary/aromatic N) is 2. The predicted molar refractivity (Wildman–Crippen MR) is 98.8 cm³/mol. The Kier molecular flexibility index (Phi) is 5.30. The first kappa shape index (κ1) is 17.6. The first-order valence-corrected chi connectivity index (χ1v) is 8.24. The quantitative estimate of drug-likeness (QED) is 0.841. The van der Waals surface area contributed by atoms with Crippen LogP contribution in [0.2, 0.25) is 0 Å². The molecule has 0 fully saturated rings. The molecule has 1 heterocycles. The van der Waals surface area contributed by atoms with Gasteiger partial charge < -0.3 is 14.8 Å². The van der Waals surface area contributed by atoms with Gasteiger partial charge in [-0.1, -0.05) is 24.3 Å². The minimum Gasteiger partial charge on any atom is -0.490 e. The van der Waals surface area contributed by atoms with Gasteiger partial charge in [-0.25, -0.2) is 0 Å². The fourth-order valence-electron chi connectivity index (χ4n) is 2.82. The van der Waals surface area contributed by atoms with Gasteiger partial charge in [-0.15, -0.1) is 0 Å². The summed E-state index contributed by atoms with van der Waals surface area (Å²) in [5.41, 5.74) is 4.35. The third kappa shape index (κ3) is 3.58. The highest BCUT2D eigenvalue weighted by molar-refractivity contribution is 6.20. The van der Waals surface area contributed by atoms with E-state index in [9.17, 15) is 10.1 Å². The molecule has 0 saturated heterocycles. The van der Waals surface area contributed by atoms with Gasteiger partial charge in [0.2, 0.25) is 5.91 Å². The first-order chi connectivity index (χ1) is 12.6. The van der Waals surface area contributed by atoms with Crippen molar-refractivity contribution in [3.05, 3.63) is 58.7 Å². The van der Waals surface area contributed by atoms with Gasteiger partial charge in [0.1, 0.15) is 25.0 Å². The highest BCUT2D eigenvalue weighted by Crippen LogP contribution is 2.31. The van der Waals surface area contributed by atoms with Gasteiger partial charge in [-0.3, -0.25) is 9.79 Å². The lowest BCUT2D eigenvalue weighted by atomic mass is 9.95. The summed E-state index contributed by atoms with van der Waals surface area (Å²) in [6.45, 7) is 2.74. The number of aryl methyl sites for hydroxylation is 1. The van der Waals surface area contributed by atoms with E-state index in [1.165, 1.54) is 0 Å². The van der Waals surface area contributed by atoms with E-state index >= 15 is 0 Å². The summed E-state index contributed by atoms with van der Waals surface area (Å²) in [5, 5.41) is 12.4. The number of hydrogen-bond acceptors (Lipinski definition) is 5. The van der Waals surface area contributed by atoms with E-state index in [1.807, 2.05) is 31.2 Å². The number of benzene rings is 2. The molecule has 0 atom stereocenters. The van der Waals surface area contributed by atoms with E-state index in [1.54, 1.807) is 19.2 Å². The molecule has 0 unspecified atom stereocenters. The molecule has 26 heavy (non-hydrogen) atoms. The van der Waals surface area contributed by atoms with Crippen LogP contribution in [0.4, 0.5) is 5.69 Å². The van der Waals surface area contributed by atoms with E-state index in [-0.39, 0.29) is 12.5 Å². The maximum absolute atomic E-state index is 12.1. The number of ether oxygens (including phenoxy) is 2. The molecule has 3 rings (SSSR count). The molecule has 0 aromatic heterocycles. The number of nitrogens with one attached hydrogen (secondary N) is 1. The molecule has 2 aromatic carbocycles. The zero-order valence-electron chi connectivity index (χ0n) is 14.7. The Hall–Kier alpha value is -3.17. The molecule has 1 amide bonds. The molecule has 2 aromatic rings. The smallest absolute Gasteiger partial charge is 0.246 e. The van der Waals surface area contributed by atoms with Crippen LogP contribution in [0.15, 0.2) is 41.4 Å². The molecule has 132 valence electrons. The van der Waals surface area contributed by atoms with Crippen LogP contribution in [0.1, 0.15) is 22.3 Å². The van der Waals surface area contributed by atoms with Crippen LogP contribution in [0, 0.1) is 18.3 Å². The summed E-state index contributed by atoms with van der Waals surface area (Å²) in [6.07, 6.45) is 0. The second kappa shape index (κ2) is 7.81. The lowest BCUT2D eigenvalue weighted by Gasteiger charge is -2.15. The Bertz CT molecular complexity index is 913. The van der Waals surface area contributed by atoms with E-state index in [0.29, 0.717) is 41.5 Å². The van der Waals surface area contributed by atoms with Crippen LogP contribution in [0.3, 0.4) is 0 Å². The van der Waals surface area contributed by atoms with Crippen molar-refractivity contribution in [3.8, 4) is 11.8 Å². The highest BCUT2D eigenvalue weighted by Gasteiger charge is 2.22. The Labute approximate surface area is 152 Å². The van der Waals surface area contributed by atoms with E-state index in [2.05, 4.69) is 16.4 Å². The number of hydrogen-bond donors (Lipinski definition) is 1. The van der Waals surface area contributed by atoms with Gasteiger partial charge in [0.25, 0.3) is 0 Å². The number of benzodiazepines with no additional fused rings is 1. The molecule has 0 bridgehead atoms. The van der Waals surface area contributed by atoms with Crippen molar-refractivity contribution in [3.63, 3.8) is 0 Å². The molecule has 6 nitrogen and oxygen atoms in total. The summed E-state index contributed by atoms with van der Waals surface area (Å²) in [4.78, 5) is 16.6. The van der Waals surface area contributed by atoms with Crippen LogP contribution in [-0.2, 0) is 9.53 Å². The summed E-state index contributed by atoms with van der Waals surface area (Å²) in [6, 6.07) is 13.4. The summed E-state index contributed by atoms with van der Waals surface area (Å²) < 4.78 is 10.6. The average Bonchev–Trinajstić information content (AvgIpc) is 2.79. The lowest BCUT2D eigenvalue weighted by molar-refractivity contribution is -0.114. The average molecular weight is 349 g/mol. The Balaban J connectivity index is 2.11. The highest BCUT2D eigenvalue weighted by atomic mass is 16.5. The topological polar surface area (TPSA) is 83.7 Å². The summed E-state index contributed by atoms with van der Waals surface area (Å²) in [7, 11) is 1.58. The number of carbonyl (C=O) groups excluding carboxylic acids is 1. The maximum atomic E-state index is 12.1. The van der Waals surface area contributed by atoms with Crippen LogP contribution in [0.5, 0.6) is 5.75 Å². The van der Waals surface area contributed by atoms with Crippen molar-refractivity contribution >= 4 is 17.3 Å². The molecule has 0 aliphatic carbocycles. The number of aliphatic imine (C=N–C) groups is 1. The van der Waals surface area contributed by atoms with Gasteiger partial charge >= 0.3 is 0 Å². The molecule has 1 N–H and O–H groups in total. The molecule has 0 saturated carbocycles. The lowest BCUT2D eigenvalue weighted by Crippen LogP contribution is -2.14. The zero-order valence-corrected chi connectivity index (χ0v) is 14.7. The number of fused-ring (bicyclic) bond motifs is 1. The van der Waals surface area contributed by atoms with Crippen LogP contribution in [-0.4, -0.2) is 38.5 Å². The Morgan fingerprint density at radius 2 is 2.04 bits per heavy atom. The minimum atomic E-state index is -0.206. The van der Waals surface area contributed by atoms with Crippen LogP contribution in [0.25, 0.3) is 0 Å². The number of amides is 1. The van der Waals surface area contributed by atoms with E-state index in [0.717, 1.165) is 11.1 Å². The summed E-state index contributed by atoms with van der Waals surface area (Å²) in [5.74, 6) is 0.206. The predicted octanol–water partition coefficient (Wildman–Crippen LogP) is 2.68. The van der Waals surface area contributed by atoms with Gasteiger partial charge in [0.15, 0.2) is 0 Å². The van der Waals surface area contributed by atoms with Gasteiger partial charge in [0, 0.05) is 24.3 Å². The maximum Gasteiger partial charge on any atom is 0.246 e. The van der Waals surface area contributed by atoms with Crippen molar-refractivity contribution < 1.29 is 14.3 Å². The van der Waals surface area contributed by atoms with Crippen LogP contribution >= 0.6 is 0 Å². The monoisotopic (exact) mass is 349 g/mol. The van der Waals surface area contributed by atoms with Crippen molar-refractivity contribution in [1.29, 1.82) is 5.26 Å². The second-order valence-electron chi connectivity index (χ2n) is 5.87. The largest absolute Gasteiger partial charge is 0.490 e. The number of anilines is 1. The van der Waals surface area contributed by atoms with E-state index < -0.39 is 0 Å². The molecule has 1 aliphatic heterocycles. The van der Waals surface area contributed by atoms with Gasteiger partial charge in [-0.05, 0) is 18.6 Å². The standard InChI is InChI=1S/C20H19N3O3/c1-13-5-3-4-6-15(13)20-16-9-14(11-21)18(26-8-7-25-2)10-17(16)23-19(24)12-22-20/h3-6,9-10H,7-8,12H2,1-2H3,(H,23,24). The zero-order chi connectivity index (χ0) is 18.5. The third-order valence-electron chi connectivity index (χ3n) is 4.10. The molecule has 1 aliphatic rings. The minimum absolute atomic E-state index is 0.0279. The van der Waals surface area contributed by atoms with Crippen molar-refractivity contribution in [2.75, 3.05) is 32.2 Å². The molecule has 6 heteroatoms. The number of nitriles is 1. The molecular weight excluding hydrogens is 330 g/mol. The van der Waals surface area contributed by atoms with Crippen molar-refractivity contribution in [2.45, 2.75) is 6.92 Å². The molecular formula is C20H19N3O3. The first-order valence-electron chi connectivity index (χ1n) is 8.24. The third-order valence-corrected chi connectivity index (χ3v) is 4.10. The normalized spacial score (nSPS) is 13.1. The van der Waals surface area contributed by atoms with Gasteiger partial charge in [0.05, 0.1) is 23.6 Å². The number of carbonyl (C=O) groups is 1. The van der Waals surface area contributed by atoms with Crippen molar-refractivity contribution in [1.82, 2.24) is 0 Å². The fourth-order valence-corrected chi connectivity index (χ4v) is 2.82. The number of methoxy groups -OCH3 is 1. The van der Waals surface area contributed by atoms with E-state index in [4.69, 9.17) is 9.47 Å². The second-order valence-corrected chi connectivity index (χ2v) is 5.87. The fraction of sp³-hybridized carbons (Fsp3) is 0.250. The van der Waals surface area contributed by atoms with Crippen LogP contribution < -0.4 is 10.1 Å². The SMILES string of the molecule is COCCOc1cc2c(cc1C#N)C(c1ccccc1C)=NCC(=O)N2.